The molecule has 6 heteroatoms. The molecule has 1 amide bonds. The van der Waals surface area contributed by atoms with E-state index in [1.54, 1.807) is 10.9 Å². The van der Waals surface area contributed by atoms with Crippen molar-refractivity contribution < 1.29 is 9.18 Å². The fraction of sp³-hybridized carbons (Fsp3) is 0.286. The van der Waals surface area contributed by atoms with Gasteiger partial charge in [-0.3, -0.25) is 4.79 Å². The highest BCUT2D eigenvalue weighted by molar-refractivity contribution is 5.92. The summed E-state index contributed by atoms with van der Waals surface area (Å²) < 4.78 is 15.5. The molecule has 5 nitrogen and oxygen atoms in total. The molecule has 2 rings (SSSR count). The first kappa shape index (κ1) is 14.2. The van der Waals surface area contributed by atoms with E-state index in [-0.39, 0.29) is 5.82 Å². The topological polar surface area (TPSA) is 72.9 Å². The lowest BCUT2D eigenvalue weighted by molar-refractivity contribution is 0.1000. The van der Waals surface area contributed by atoms with E-state index in [2.05, 4.69) is 10.3 Å². The molecule has 0 unspecified atom stereocenters. The smallest absolute Gasteiger partial charge is 0.248 e. The van der Waals surface area contributed by atoms with Crippen molar-refractivity contribution in [2.45, 2.75) is 13.0 Å². The highest BCUT2D eigenvalue weighted by atomic mass is 19.1. The predicted octanol–water partition coefficient (Wildman–Crippen LogP) is 0.931. The number of nitrogens with two attached hydrogens (primary N) is 1. The van der Waals surface area contributed by atoms with Crippen LogP contribution in [0.3, 0.4) is 0 Å². The number of hydrogen-bond donors (Lipinski definition) is 2. The van der Waals surface area contributed by atoms with Crippen LogP contribution >= 0.6 is 0 Å². The Morgan fingerprint density at radius 1 is 1.50 bits per heavy atom. The van der Waals surface area contributed by atoms with E-state index >= 15 is 0 Å². The molecule has 1 aromatic heterocycles. The van der Waals surface area contributed by atoms with E-state index in [9.17, 15) is 9.18 Å². The zero-order valence-corrected chi connectivity index (χ0v) is 11.3. The average Bonchev–Trinajstić information content (AvgIpc) is 2.86. The summed E-state index contributed by atoms with van der Waals surface area (Å²) in [7, 11) is 1.88. The van der Waals surface area contributed by atoms with Crippen LogP contribution in [0, 0.1) is 5.82 Å². The lowest BCUT2D eigenvalue weighted by atomic mass is 10.1. The second-order valence-corrected chi connectivity index (χ2v) is 4.56. The van der Waals surface area contributed by atoms with Gasteiger partial charge in [0.2, 0.25) is 5.91 Å². The summed E-state index contributed by atoms with van der Waals surface area (Å²) in [5.41, 5.74) is 6.85. The van der Waals surface area contributed by atoms with Crippen LogP contribution in [0.25, 0.3) is 0 Å². The van der Waals surface area contributed by atoms with Crippen molar-refractivity contribution in [2.75, 3.05) is 13.6 Å². The molecule has 1 aromatic carbocycles. The quantitative estimate of drug-likeness (QED) is 0.824. The SMILES string of the molecule is CNCCc1cn(Cc2cc(C(N)=O)ccc2F)cn1. The molecule has 2 aromatic rings. The number of nitrogens with zero attached hydrogens (tertiary/aromatic N) is 2. The van der Waals surface area contributed by atoms with Gasteiger partial charge in [-0.1, -0.05) is 0 Å². The predicted molar refractivity (Wildman–Crippen MR) is 73.9 cm³/mol. The van der Waals surface area contributed by atoms with Gasteiger partial charge >= 0.3 is 0 Å². The van der Waals surface area contributed by atoms with E-state index < -0.39 is 5.91 Å². The monoisotopic (exact) mass is 276 g/mol. The molecule has 0 fully saturated rings. The van der Waals surface area contributed by atoms with Crippen LogP contribution < -0.4 is 11.1 Å². The van der Waals surface area contributed by atoms with Gasteiger partial charge in [0.05, 0.1) is 18.6 Å². The summed E-state index contributed by atoms with van der Waals surface area (Å²) in [6.07, 6.45) is 4.34. The Labute approximate surface area is 116 Å². The number of carbonyl (C=O) groups excluding carboxylic acids is 1. The molecule has 0 aliphatic heterocycles. The lowest BCUT2D eigenvalue weighted by Crippen LogP contribution is -2.12. The van der Waals surface area contributed by atoms with Crippen LogP contribution in [0.4, 0.5) is 4.39 Å². The maximum absolute atomic E-state index is 13.7. The van der Waals surface area contributed by atoms with Crippen LogP contribution in [0.5, 0.6) is 0 Å². The molecule has 0 radical (unpaired) electrons. The van der Waals surface area contributed by atoms with E-state index in [4.69, 9.17) is 5.73 Å². The molecule has 0 bridgehead atoms. The summed E-state index contributed by atoms with van der Waals surface area (Å²) in [6.45, 7) is 1.15. The third-order valence-corrected chi connectivity index (χ3v) is 3.00. The minimum absolute atomic E-state index is 0.303. The number of nitrogens with one attached hydrogen (secondary N) is 1. The molecular formula is C14H17FN4O. The summed E-state index contributed by atoms with van der Waals surface area (Å²) in [4.78, 5) is 15.4. The van der Waals surface area contributed by atoms with Crippen molar-refractivity contribution in [2.24, 2.45) is 5.73 Å². The van der Waals surface area contributed by atoms with Gasteiger partial charge in [0.25, 0.3) is 0 Å². The molecule has 0 saturated carbocycles. The third-order valence-electron chi connectivity index (χ3n) is 3.00. The number of amides is 1. The highest BCUT2D eigenvalue weighted by Gasteiger charge is 2.08. The molecule has 3 N–H and O–H groups in total. The van der Waals surface area contributed by atoms with Crippen molar-refractivity contribution in [3.8, 4) is 0 Å². The second-order valence-electron chi connectivity index (χ2n) is 4.56. The first-order valence-corrected chi connectivity index (χ1v) is 6.33. The molecule has 0 aliphatic carbocycles. The van der Waals surface area contributed by atoms with Gasteiger partial charge in [-0.2, -0.15) is 0 Å². The van der Waals surface area contributed by atoms with Gasteiger partial charge in [-0.25, -0.2) is 9.37 Å². The average molecular weight is 276 g/mol. The normalized spacial score (nSPS) is 10.7. The minimum Gasteiger partial charge on any atom is -0.366 e. The number of primary amides is 1. The molecule has 106 valence electrons. The molecule has 0 aliphatic rings. The Balaban J connectivity index is 2.14. The third kappa shape index (κ3) is 3.42. The minimum atomic E-state index is -0.563. The van der Waals surface area contributed by atoms with Crippen molar-refractivity contribution >= 4 is 5.91 Å². The zero-order chi connectivity index (χ0) is 14.5. The maximum Gasteiger partial charge on any atom is 0.248 e. The summed E-state index contributed by atoms with van der Waals surface area (Å²) >= 11 is 0. The van der Waals surface area contributed by atoms with E-state index in [1.807, 2.05) is 13.2 Å². The van der Waals surface area contributed by atoms with E-state index in [0.29, 0.717) is 17.7 Å². The Kier molecular flexibility index (Phi) is 4.47. The highest BCUT2D eigenvalue weighted by Crippen LogP contribution is 2.12. The van der Waals surface area contributed by atoms with Crippen molar-refractivity contribution in [1.29, 1.82) is 0 Å². The van der Waals surface area contributed by atoms with Crippen molar-refractivity contribution in [3.05, 3.63) is 53.4 Å². The number of aromatic nitrogens is 2. The molecule has 0 spiro atoms. The second kappa shape index (κ2) is 6.29. The van der Waals surface area contributed by atoms with E-state index in [1.165, 1.54) is 18.2 Å². The Hall–Kier alpha value is -2.21. The molecule has 1 heterocycles. The molecular weight excluding hydrogens is 259 g/mol. The lowest BCUT2D eigenvalue weighted by Gasteiger charge is -2.06. The fourth-order valence-corrected chi connectivity index (χ4v) is 1.92. The molecule has 0 atom stereocenters. The van der Waals surface area contributed by atoms with Gasteiger partial charge < -0.3 is 15.6 Å². The summed E-state index contributed by atoms with van der Waals surface area (Å²) in [6, 6.07) is 4.12. The van der Waals surface area contributed by atoms with Crippen LogP contribution in [0.2, 0.25) is 0 Å². The van der Waals surface area contributed by atoms with Crippen LogP contribution in [-0.2, 0) is 13.0 Å². The van der Waals surface area contributed by atoms with Gasteiger partial charge in [0, 0.05) is 30.3 Å². The summed E-state index contributed by atoms with van der Waals surface area (Å²) in [5.74, 6) is -0.924. The number of carbonyl (C=O) groups is 1. The molecule has 20 heavy (non-hydrogen) atoms. The number of halogens is 1. The summed E-state index contributed by atoms with van der Waals surface area (Å²) in [5, 5.41) is 3.04. The number of likely N-dealkylation sites (N-methyl/N-ethyl adjacent to an activating group) is 1. The van der Waals surface area contributed by atoms with Gasteiger partial charge in [0.15, 0.2) is 0 Å². The maximum atomic E-state index is 13.7. The number of hydrogen-bond acceptors (Lipinski definition) is 3. The van der Waals surface area contributed by atoms with Gasteiger partial charge in [-0.05, 0) is 25.2 Å². The fourth-order valence-electron chi connectivity index (χ4n) is 1.92. The number of imidazole rings is 1. The Morgan fingerprint density at radius 3 is 3.00 bits per heavy atom. The van der Waals surface area contributed by atoms with Gasteiger partial charge in [0.1, 0.15) is 5.82 Å². The largest absolute Gasteiger partial charge is 0.366 e. The van der Waals surface area contributed by atoms with E-state index in [0.717, 1.165) is 18.7 Å². The number of benzene rings is 1. The first-order chi connectivity index (χ1) is 9.60. The van der Waals surface area contributed by atoms with Crippen LogP contribution in [0.1, 0.15) is 21.6 Å². The Bertz CT molecular complexity index is 609. The number of rotatable bonds is 6. The van der Waals surface area contributed by atoms with Crippen LogP contribution in [0.15, 0.2) is 30.7 Å². The van der Waals surface area contributed by atoms with Crippen LogP contribution in [-0.4, -0.2) is 29.1 Å². The van der Waals surface area contributed by atoms with Crippen molar-refractivity contribution in [1.82, 2.24) is 14.9 Å². The first-order valence-electron chi connectivity index (χ1n) is 6.33. The molecule has 0 saturated heterocycles. The Morgan fingerprint density at radius 2 is 2.30 bits per heavy atom. The van der Waals surface area contributed by atoms with Gasteiger partial charge in [-0.15, -0.1) is 0 Å². The standard InChI is InChI=1S/C14H17FN4O/c1-17-5-4-12-8-19(9-18-12)7-11-6-10(14(16)20)2-3-13(11)15/h2-3,6,8-9,17H,4-5,7H2,1H3,(H2,16,20). The van der Waals surface area contributed by atoms with Crippen molar-refractivity contribution in [3.63, 3.8) is 0 Å². The zero-order valence-electron chi connectivity index (χ0n) is 11.3.